The van der Waals surface area contributed by atoms with Crippen molar-refractivity contribution in [3.63, 3.8) is 0 Å². The van der Waals surface area contributed by atoms with Gasteiger partial charge in [0, 0.05) is 19.5 Å². The Hall–Kier alpha value is -1.56. The maximum atomic E-state index is 12.0. The number of piperidine rings is 1. The van der Waals surface area contributed by atoms with Gasteiger partial charge in [0.1, 0.15) is 11.4 Å². The quantitative estimate of drug-likeness (QED) is 0.902. The second-order valence-corrected chi connectivity index (χ2v) is 7.12. The maximum Gasteiger partial charge on any atom is 0.410 e. The SMILES string of the molecule is CCc1cnc(CNCC2CCN(C(=O)OC(C)(C)C)CC2)o1. The van der Waals surface area contributed by atoms with Gasteiger partial charge in [-0.15, -0.1) is 0 Å². The van der Waals surface area contributed by atoms with E-state index >= 15 is 0 Å². The van der Waals surface area contributed by atoms with E-state index in [2.05, 4.69) is 17.2 Å². The average molecular weight is 323 g/mol. The number of rotatable bonds is 5. The van der Waals surface area contributed by atoms with Crippen molar-refractivity contribution < 1.29 is 13.9 Å². The van der Waals surface area contributed by atoms with Crippen LogP contribution in [-0.4, -0.2) is 41.2 Å². The third-order valence-electron chi connectivity index (χ3n) is 3.93. The molecule has 0 bridgehead atoms. The first-order valence-corrected chi connectivity index (χ1v) is 8.49. The normalized spacial score (nSPS) is 16.6. The van der Waals surface area contributed by atoms with E-state index in [0.29, 0.717) is 12.5 Å². The number of nitrogens with zero attached hydrogens (tertiary/aromatic N) is 2. The van der Waals surface area contributed by atoms with E-state index in [0.717, 1.165) is 50.5 Å². The predicted octanol–water partition coefficient (Wildman–Crippen LogP) is 2.97. The van der Waals surface area contributed by atoms with Crippen molar-refractivity contribution in [1.82, 2.24) is 15.2 Å². The number of carbonyl (C=O) groups is 1. The van der Waals surface area contributed by atoms with Crippen molar-refractivity contribution in [3.05, 3.63) is 17.8 Å². The number of hydrogen-bond acceptors (Lipinski definition) is 5. The van der Waals surface area contributed by atoms with Crippen LogP contribution in [0, 0.1) is 5.92 Å². The molecule has 0 spiro atoms. The molecule has 0 aliphatic carbocycles. The lowest BCUT2D eigenvalue weighted by molar-refractivity contribution is 0.0184. The number of likely N-dealkylation sites (tertiary alicyclic amines) is 1. The van der Waals surface area contributed by atoms with E-state index in [9.17, 15) is 4.79 Å². The second kappa shape index (κ2) is 7.81. The monoisotopic (exact) mass is 323 g/mol. The zero-order valence-electron chi connectivity index (χ0n) is 14.7. The summed E-state index contributed by atoms with van der Waals surface area (Å²) in [6.45, 7) is 10.9. The van der Waals surface area contributed by atoms with Gasteiger partial charge in [0.25, 0.3) is 0 Å². The Morgan fingerprint density at radius 3 is 2.70 bits per heavy atom. The summed E-state index contributed by atoms with van der Waals surface area (Å²) < 4.78 is 11.0. The van der Waals surface area contributed by atoms with Gasteiger partial charge in [0.2, 0.25) is 5.89 Å². The minimum atomic E-state index is -0.428. The topological polar surface area (TPSA) is 67.6 Å². The van der Waals surface area contributed by atoms with E-state index in [1.165, 1.54) is 0 Å². The van der Waals surface area contributed by atoms with Gasteiger partial charge < -0.3 is 19.4 Å². The number of aryl methyl sites for hydroxylation is 1. The number of amides is 1. The predicted molar refractivity (Wildman–Crippen MR) is 88.1 cm³/mol. The van der Waals surface area contributed by atoms with Gasteiger partial charge >= 0.3 is 6.09 Å². The fourth-order valence-electron chi connectivity index (χ4n) is 2.62. The molecular formula is C17H29N3O3. The molecular weight excluding hydrogens is 294 g/mol. The number of ether oxygens (including phenoxy) is 1. The molecule has 2 heterocycles. The van der Waals surface area contributed by atoms with Crippen LogP contribution in [0.5, 0.6) is 0 Å². The van der Waals surface area contributed by atoms with E-state index in [1.807, 2.05) is 25.7 Å². The third-order valence-corrected chi connectivity index (χ3v) is 3.93. The molecule has 1 saturated heterocycles. The lowest BCUT2D eigenvalue weighted by Gasteiger charge is -2.33. The average Bonchev–Trinajstić information content (AvgIpc) is 2.94. The first-order chi connectivity index (χ1) is 10.9. The Morgan fingerprint density at radius 1 is 1.43 bits per heavy atom. The van der Waals surface area contributed by atoms with Crippen molar-refractivity contribution >= 4 is 6.09 Å². The summed E-state index contributed by atoms with van der Waals surface area (Å²) in [7, 11) is 0. The molecule has 1 aromatic heterocycles. The van der Waals surface area contributed by atoms with E-state index in [1.54, 1.807) is 6.20 Å². The lowest BCUT2D eigenvalue weighted by atomic mass is 9.97. The Kier molecular flexibility index (Phi) is 6.04. The Morgan fingerprint density at radius 2 is 2.13 bits per heavy atom. The van der Waals surface area contributed by atoms with Crippen LogP contribution in [0.1, 0.15) is 52.2 Å². The molecule has 0 aromatic carbocycles. The Labute approximate surface area is 138 Å². The van der Waals surface area contributed by atoms with Crippen molar-refractivity contribution in [3.8, 4) is 0 Å². The molecule has 1 amide bonds. The maximum absolute atomic E-state index is 12.0. The number of aromatic nitrogens is 1. The minimum Gasteiger partial charge on any atom is -0.444 e. The van der Waals surface area contributed by atoms with E-state index in [-0.39, 0.29) is 6.09 Å². The molecule has 1 aliphatic heterocycles. The number of oxazole rings is 1. The first kappa shape index (κ1) is 17.8. The molecule has 23 heavy (non-hydrogen) atoms. The highest BCUT2D eigenvalue weighted by Gasteiger charge is 2.26. The summed E-state index contributed by atoms with van der Waals surface area (Å²) in [5.74, 6) is 2.25. The fourth-order valence-corrected chi connectivity index (χ4v) is 2.62. The van der Waals surface area contributed by atoms with Crippen LogP contribution >= 0.6 is 0 Å². The van der Waals surface area contributed by atoms with Gasteiger partial charge in [0.15, 0.2) is 0 Å². The minimum absolute atomic E-state index is 0.198. The van der Waals surface area contributed by atoms with Crippen molar-refractivity contribution in [1.29, 1.82) is 0 Å². The molecule has 6 heteroatoms. The Bertz CT molecular complexity index is 499. The highest BCUT2D eigenvalue weighted by Crippen LogP contribution is 2.19. The zero-order chi connectivity index (χ0) is 16.9. The molecule has 6 nitrogen and oxygen atoms in total. The number of carbonyl (C=O) groups excluding carboxylic acids is 1. The number of nitrogens with one attached hydrogen (secondary N) is 1. The van der Waals surface area contributed by atoms with Crippen LogP contribution in [-0.2, 0) is 17.7 Å². The van der Waals surface area contributed by atoms with Gasteiger partial charge in [-0.05, 0) is 46.1 Å². The lowest BCUT2D eigenvalue weighted by Crippen LogP contribution is -2.43. The molecule has 1 aromatic rings. The Balaban J connectivity index is 1.65. The fraction of sp³-hybridized carbons (Fsp3) is 0.765. The van der Waals surface area contributed by atoms with Gasteiger partial charge in [-0.25, -0.2) is 9.78 Å². The largest absolute Gasteiger partial charge is 0.444 e. The van der Waals surface area contributed by atoms with Gasteiger partial charge in [-0.3, -0.25) is 0 Å². The van der Waals surface area contributed by atoms with Gasteiger partial charge in [-0.1, -0.05) is 6.92 Å². The second-order valence-electron chi connectivity index (χ2n) is 7.12. The summed E-state index contributed by atoms with van der Waals surface area (Å²) in [5.41, 5.74) is -0.428. The van der Waals surface area contributed by atoms with Crippen LogP contribution in [0.4, 0.5) is 4.79 Å². The summed E-state index contributed by atoms with van der Waals surface area (Å²) >= 11 is 0. The van der Waals surface area contributed by atoms with Crippen molar-refractivity contribution in [2.45, 2.75) is 59.1 Å². The summed E-state index contributed by atoms with van der Waals surface area (Å²) in [4.78, 5) is 18.1. The zero-order valence-corrected chi connectivity index (χ0v) is 14.7. The summed E-state index contributed by atoms with van der Waals surface area (Å²) in [6, 6.07) is 0. The van der Waals surface area contributed by atoms with E-state index in [4.69, 9.17) is 9.15 Å². The molecule has 0 unspecified atom stereocenters. The molecule has 1 fully saturated rings. The molecule has 1 aliphatic rings. The van der Waals surface area contributed by atoms with Crippen LogP contribution in [0.3, 0.4) is 0 Å². The highest BCUT2D eigenvalue weighted by atomic mass is 16.6. The molecule has 0 radical (unpaired) electrons. The van der Waals surface area contributed by atoms with Crippen LogP contribution in [0.15, 0.2) is 10.6 Å². The van der Waals surface area contributed by atoms with Crippen molar-refractivity contribution in [2.75, 3.05) is 19.6 Å². The van der Waals surface area contributed by atoms with Gasteiger partial charge in [-0.2, -0.15) is 0 Å². The molecule has 130 valence electrons. The standard InChI is InChI=1S/C17H29N3O3/c1-5-14-11-19-15(22-14)12-18-10-13-6-8-20(9-7-13)16(21)23-17(2,3)4/h11,13,18H,5-10,12H2,1-4H3. The first-order valence-electron chi connectivity index (χ1n) is 8.49. The third kappa shape index (κ3) is 5.86. The van der Waals surface area contributed by atoms with Gasteiger partial charge in [0.05, 0.1) is 12.7 Å². The highest BCUT2D eigenvalue weighted by molar-refractivity contribution is 5.68. The molecule has 1 N–H and O–H groups in total. The molecule has 0 saturated carbocycles. The number of hydrogen-bond donors (Lipinski definition) is 1. The summed E-state index contributed by atoms with van der Waals surface area (Å²) in [6.07, 6.45) is 4.46. The van der Waals surface area contributed by atoms with Crippen LogP contribution in [0.2, 0.25) is 0 Å². The smallest absolute Gasteiger partial charge is 0.410 e. The van der Waals surface area contributed by atoms with Crippen molar-refractivity contribution in [2.24, 2.45) is 5.92 Å². The molecule has 0 atom stereocenters. The summed E-state index contributed by atoms with van der Waals surface area (Å²) in [5, 5.41) is 3.40. The van der Waals surface area contributed by atoms with E-state index < -0.39 is 5.60 Å². The molecule has 2 rings (SSSR count). The van der Waals surface area contributed by atoms with Crippen LogP contribution < -0.4 is 5.32 Å². The van der Waals surface area contributed by atoms with Crippen LogP contribution in [0.25, 0.3) is 0 Å².